The maximum atomic E-state index is 5.98. The lowest BCUT2D eigenvalue weighted by molar-refractivity contribution is 0.712. The lowest BCUT2D eigenvalue weighted by Crippen LogP contribution is -2.01. The Bertz CT molecular complexity index is 703. The number of hydrogen-bond acceptors (Lipinski definition) is 2. The molecule has 2 aromatic carbocycles. The summed E-state index contributed by atoms with van der Waals surface area (Å²) >= 11 is 5.98. The molecule has 0 aliphatic heterocycles. The van der Waals surface area contributed by atoms with Crippen molar-refractivity contribution in [1.82, 2.24) is 9.78 Å². The van der Waals surface area contributed by atoms with Crippen LogP contribution < -0.4 is 5.73 Å². The molecule has 0 bridgehead atoms. The molecule has 0 saturated heterocycles. The minimum atomic E-state index is 0.688. The van der Waals surface area contributed by atoms with Crippen molar-refractivity contribution in [3.05, 3.63) is 59.2 Å². The molecule has 3 aromatic rings. The predicted octanol–water partition coefficient (Wildman–Crippen LogP) is 3.32. The number of nitrogens with zero attached hydrogens (tertiary/aromatic N) is 2. The molecule has 0 unspecified atom stereocenters. The minimum absolute atomic E-state index is 0.688. The number of rotatable bonds is 2. The Balaban J connectivity index is 2.02. The van der Waals surface area contributed by atoms with E-state index in [0.717, 1.165) is 27.2 Å². The molecule has 0 atom stereocenters. The number of halogens is 1. The SMILES string of the molecule is Nc1ccc2cnn(Cc3cccc(Cl)c3)c2c1. The third kappa shape index (κ3) is 2.05. The van der Waals surface area contributed by atoms with Crippen molar-refractivity contribution >= 4 is 28.2 Å². The van der Waals surface area contributed by atoms with Crippen LogP contribution in [-0.4, -0.2) is 9.78 Å². The summed E-state index contributed by atoms with van der Waals surface area (Å²) in [4.78, 5) is 0. The Kier molecular flexibility index (Phi) is 2.68. The summed E-state index contributed by atoms with van der Waals surface area (Å²) in [6.07, 6.45) is 1.85. The molecular weight excluding hydrogens is 246 g/mol. The smallest absolute Gasteiger partial charge is 0.0706 e. The van der Waals surface area contributed by atoms with Gasteiger partial charge in [-0.15, -0.1) is 0 Å². The van der Waals surface area contributed by atoms with Crippen molar-refractivity contribution in [1.29, 1.82) is 0 Å². The first-order chi connectivity index (χ1) is 8.72. The largest absolute Gasteiger partial charge is 0.399 e. The molecule has 0 radical (unpaired) electrons. The maximum Gasteiger partial charge on any atom is 0.0706 e. The molecule has 3 rings (SSSR count). The molecule has 3 nitrogen and oxygen atoms in total. The van der Waals surface area contributed by atoms with Crippen LogP contribution in [0, 0.1) is 0 Å². The third-order valence-electron chi connectivity index (χ3n) is 2.89. The van der Waals surface area contributed by atoms with Gasteiger partial charge in [-0.05, 0) is 35.9 Å². The van der Waals surface area contributed by atoms with Crippen molar-refractivity contribution in [2.45, 2.75) is 6.54 Å². The number of anilines is 1. The van der Waals surface area contributed by atoms with E-state index in [9.17, 15) is 0 Å². The molecule has 18 heavy (non-hydrogen) atoms. The Hall–Kier alpha value is -2.00. The van der Waals surface area contributed by atoms with Crippen LogP contribution in [0.3, 0.4) is 0 Å². The van der Waals surface area contributed by atoms with Crippen LogP contribution in [0.5, 0.6) is 0 Å². The van der Waals surface area contributed by atoms with Gasteiger partial charge < -0.3 is 5.73 Å². The van der Waals surface area contributed by atoms with E-state index >= 15 is 0 Å². The summed E-state index contributed by atoms with van der Waals surface area (Å²) in [5.74, 6) is 0. The van der Waals surface area contributed by atoms with Gasteiger partial charge >= 0.3 is 0 Å². The second-order valence-corrected chi connectivity index (χ2v) is 4.69. The van der Waals surface area contributed by atoms with Crippen LogP contribution in [0.4, 0.5) is 5.69 Å². The van der Waals surface area contributed by atoms with Crippen molar-refractivity contribution in [2.75, 3.05) is 5.73 Å². The fraction of sp³-hybridized carbons (Fsp3) is 0.0714. The standard InChI is InChI=1S/C14H12ClN3/c15-12-3-1-2-10(6-12)9-18-14-7-13(16)5-4-11(14)8-17-18/h1-8H,9,16H2. The summed E-state index contributed by atoms with van der Waals surface area (Å²) in [6.45, 7) is 0.688. The van der Waals surface area contributed by atoms with E-state index in [4.69, 9.17) is 17.3 Å². The lowest BCUT2D eigenvalue weighted by Gasteiger charge is -2.05. The molecule has 1 heterocycles. The van der Waals surface area contributed by atoms with E-state index in [1.807, 2.05) is 53.3 Å². The van der Waals surface area contributed by atoms with Gasteiger partial charge in [0.2, 0.25) is 0 Å². The molecule has 4 heteroatoms. The summed E-state index contributed by atoms with van der Waals surface area (Å²) in [6, 6.07) is 13.6. The van der Waals surface area contributed by atoms with Crippen LogP contribution in [0.2, 0.25) is 5.02 Å². The van der Waals surface area contributed by atoms with Crippen molar-refractivity contribution in [3.8, 4) is 0 Å². The molecule has 0 amide bonds. The van der Waals surface area contributed by atoms with Gasteiger partial charge in [0.05, 0.1) is 18.3 Å². The zero-order valence-corrected chi connectivity index (χ0v) is 10.4. The molecule has 0 fully saturated rings. The highest BCUT2D eigenvalue weighted by atomic mass is 35.5. The number of benzene rings is 2. The summed E-state index contributed by atoms with van der Waals surface area (Å²) in [5.41, 5.74) is 8.71. The molecule has 1 aromatic heterocycles. The van der Waals surface area contributed by atoms with Crippen molar-refractivity contribution < 1.29 is 0 Å². The predicted molar refractivity (Wildman–Crippen MR) is 74.7 cm³/mol. The first kappa shape index (κ1) is 11.1. The molecule has 0 aliphatic rings. The van der Waals surface area contributed by atoms with Gasteiger partial charge in [0, 0.05) is 16.1 Å². The van der Waals surface area contributed by atoms with Gasteiger partial charge in [0.25, 0.3) is 0 Å². The lowest BCUT2D eigenvalue weighted by atomic mass is 10.2. The fourth-order valence-corrected chi connectivity index (χ4v) is 2.23. The zero-order valence-electron chi connectivity index (χ0n) is 9.68. The van der Waals surface area contributed by atoms with Gasteiger partial charge in [-0.3, -0.25) is 4.68 Å². The number of aromatic nitrogens is 2. The van der Waals surface area contributed by atoms with Gasteiger partial charge in [-0.25, -0.2) is 0 Å². The topological polar surface area (TPSA) is 43.8 Å². The molecule has 2 N–H and O–H groups in total. The summed E-state index contributed by atoms with van der Waals surface area (Å²) < 4.78 is 1.93. The van der Waals surface area contributed by atoms with Crippen molar-refractivity contribution in [3.63, 3.8) is 0 Å². The molecule has 90 valence electrons. The van der Waals surface area contributed by atoms with Gasteiger partial charge in [-0.1, -0.05) is 23.7 Å². The van der Waals surface area contributed by atoms with Crippen LogP contribution >= 0.6 is 11.6 Å². The van der Waals surface area contributed by atoms with E-state index in [1.165, 1.54) is 0 Å². The summed E-state index contributed by atoms with van der Waals surface area (Å²) in [7, 11) is 0. The molecule has 0 saturated carbocycles. The van der Waals surface area contributed by atoms with Crippen LogP contribution in [0.25, 0.3) is 10.9 Å². The van der Waals surface area contributed by atoms with Gasteiger partial charge in [0.15, 0.2) is 0 Å². The zero-order chi connectivity index (χ0) is 12.5. The highest BCUT2D eigenvalue weighted by molar-refractivity contribution is 6.30. The number of hydrogen-bond donors (Lipinski definition) is 1. The third-order valence-corrected chi connectivity index (χ3v) is 3.13. The Morgan fingerprint density at radius 2 is 2.06 bits per heavy atom. The van der Waals surface area contributed by atoms with Crippen LogP contribution in [0.1, 0.15) is 5.56 Å². The fourth-order valence-electron chi connectivity index (χ4n) is 2.02. The van der Waals surface area contributed by atoms with E-state index in [1.54, 1.807) is 0 Å². The first-order valence-corrected chi connectivity index (χ1v) is 6.06. The summed E-state index contributed by atoms with van der Waals surface area (Å²) in [5, 5.41) is 6.21. The first-order valence-electron chi connectivity index (χ1n) is 5.68. The molecular formula is C14H12ClN3. The quantitative estimate of drug-likeness (QED) is 0.716. The van der Waals surface area contributed by atoms with Crippen molar-refractivity contribution in [2.24, 2.45) is 0 Å². The van der Waals surface area contributed by atoms with Crippen LogP contribution in [-0.2, 0) is 6.54 Å². The minimum Gasteiger partial charge on any atom is -0.399 e. The number of nitrogens with two attached hydrogens (primary N) is 1. The Morgan fingerprint density at radius 3 is 2.89 bits per heavy atom. The average molecular weight is 258 g/mol. The van der Waals surface area contributed by atoms with Gasteiger partial charge in [-0.2, -0.15) is 5.10 Å². The van der Waals surface area contributed by atoms with E-state index in [-0.39, 0.29) is 0 Å². The Morgan fingerprint density at radius 1 is 1.17 bits per heavy atom. The maximum absolute atomic E-state index is 5.98. The van der Waals surface area contributed by atoms with E-state index in [0.29, 0.717) is 6.54 Å². The molecule has 0 spiro atoms. The molecule has 0 aliphatic carbocycles. The highest BCUT2D eigenvalue weighted by Crippen LogP contribution is 2.19. The second kappa shape index (κ2) is 4.35. The van der Waals surface area contributed by atoms with E-state index in [2.05, 4.69) is 5.10 Å². The normalized spacial score (nSPS) is 10.9. The Labute approximate surface area is 110 Å². The second-order valence-electron chi connectivity index (χ2n) is 4.25. The number of nitrogen functional groups attached to an aromatic ring is 1. The average Bonchev–Trinajstić information content (AvgIpc) is 2.72. The monoisotopic (exact) mass is 257 g/mol. The van der Waals surface area contributed by atoms with Gasteiger partial charge in [0.1, 0.15) is 0 Å². The highest BCUT2D eigenvalue weighted by Gasteiger charge is 2.04. The van der Waals surface area contributed by atoms with Crippen LogP contribution in [0.15, 0.2) is 48.7 Å². The number of fused-ring (bicyclic) bond motifs is 1. The van der Waals surface area contributed by atoms with E-state index < -0.39 is 0 Å².